The Hall–Kier alpha value is -3.84. The summed E-state index contributed by atoms with van der Waals surface area (Å²) in [7, 11) is 1.29. The fraction of sp³-hybridized carbons (Fsp3) is 0.385. The van der Waals surface area contributed by atoms with Crippen LogP contribution in [-0.2, 0) is 22.4 Å². The number of aromatic hydroxyl groups is 3. The summed E-state index contributed by atoms with van der Waals surface area (Å²) in [6.45, 7) is 3.66. The maximum Gasteiger partial charge on any atom is 0.335 e. The van der Waals surface area contributed by atoms with Gasteiger partial charge in [-0.05, 0) is 32.4 Å². The molecule has 0 saturated carbocycles. The highest BCUT2D eigenvalue weighted by molar-refractivity contribution is 6.00. The number of allylic oxidation sites excluding steroid dienone is 2. The minimum atomic E-state index is -1.92. The van der Waals surface area contributed by atoms with Crippen molar-refractivity contribution >= 4 is 11.8 Å². The van der Waals surface area contributed by atoms with E-state index in [1.807, 2.05) is 13.8 Å². The molecule has 1 aliphatic rings. The molecule has 12 heteroatoms. The molecule has 12 nitrogen and oxygen atoms in total. The third-order valence-corrected chi connectivity index (χ3v) is 6.02. The van der Waals surface area contributed by atoms with E-state index in [1.165, 1.54) is 19.2 Å². The largest absolute Gasteiger partial charge is 0.508 e. The first-order valence-electron chi connectivity index (χ1n) is 11.5. The number of methoxy groups -OCH3 is 1. The molecular weight excluding hydrogens is 504 g/mol. The summed E-state index contributed by atoms with van der Waals surface area (Å²) in [4.78, 5) is 24.4. The molecule has 0 spiro atoms. The Labute approximate surface area is 217 Å². The molecule has 0 bridgehead atoms. The van der Waals surface area contributed by atoms with Crippen LogP contribution in [-0.4, -0.2) is 85.3 Å². The zero-order chi connectivity index (χ0) is 28.3. The van der Waals surface area contributed by atoms with Gasteiger partial charge in [0.2, 0.25) is 6.29 Å². The van der Waals surface area contributed by atoms with Crippen LogP contribution in [0.4, 0.5) is 0 Å². The third kappa shape index (κ3) is 6.00. The van der Waals surface area contributed by atoms with E-state index in [-0.39, 0.29) is 34.8 Å². The zero-order valence-corrected chi connectivity index (χ0v) is 20.9. The molecule has 5 unspecified atom stereocenters. The average molecular weight is 535 g/mol. The van der Waals surface area contributed by atoms with Gasteiger partial charge in [0.25, 0.3) is 0 Å². The number of carboxylic acid groups (broad SMARTS) is 1. The van der Waals surface area contributed by atoms with Crippen molar-refractivity contribution in [1.29, 1.82) is 0 Å². The quantitative estimate of drug-likeness (QED) is 0.178. The van der Waals surface area contributed by atoms with Gasteiger partial charge in [-0.1, -0.05) is 11.6 Å². The number of aliphatic carboxylic acids is 1. The Bertz CT molecular complexity index is 1230. The normalized spacial score (nSPS) is 22.9. The molecule has 38 heavy (non-hydrogen) atoms. The molecule has 0 radical (unpaired) electrons. The van der Waals surface area contributed by atoms with Crippen LogP contribution in [0.25, 0.3) is 0 Å². The molecule has 0 aliphatic carbocycles. The highest BCUT2D eigenvalue weighted by atomic mass is 16.7. The molecule has 0 aromatic heterocycles. The molecule has 1 fully saturated rings. The molecule has 7 N–H and O–H groups in total. The first kappa shape index (κ1) is 28.7. The lowest BCUT2D eigenvalue weighted by Crippen LogP contribution is -2.61. The topological polar surface area (TPSA) is 203 Å². The minimum absolute atomic E-state index is 0.0461. The highest BCUT2D eigenvalue weighted by Crippen LogP contribution is 2.41. The number of carbonyl (C=O) groups is 2. The van der Waals surface area contributed by atoms with Crippen molar-refractivity contribution in [3.8, 4) is 28.7 Å². The van der Waals surface area contributed by atoms with Gasteiger partial charge in [0, 0.05) is 29.7 Å². The van der Waals surface area contributed by atoms with Gasteiger partial charge >= 0.3 is 5.97 Å². The predicted octanol–water partition coefficient (Wildman–Crippen LogP) is 1.02. The molecule has 1 heterocycles. The second-order valence-electron chi connectivity index (χ2n) is 9.02. The first-order valence-corrected chi connectivity index (χ1v) is 11.5. The van der Waals surface area contributed by atoms with E-state index in [1.54, 1.807) is 6.08 Å². The lowest BCUT2D eigenvalue weighted by molar-refractivity contribution is -0.271. The number of carbonyl (C=O) groups excluding carboxylic acids is 1. The zero-order valence-electron chi connectivity index (χ0n) is 20.9. The van der Waals surface area contributed by atoms with Crippen molar-refractivity contribution in [1.82, 2.24) is 0 Å². The van der Waals surface area contributed by atoms with Crippen LogP contribution in [0.2, 0.25) is 0 Å². The van der Waals surface area contributed by atoms with Gasteiger partial charge in [-0.25, -0.2) is 4.79 Å². The lowest BCUT2D eigenvalue weighted by atomic mass is 9.96. The lowest BCUT2D eigenvalue weighted by Gasteiger charge is -2.38. The van der Waals surface area contributed by atoms with Crippen LogP contribution >= 0.6 is 0 Å². The molecule has 5 atom stereocenters. The number of benzene rings is 2. The van der Waals surface area contributed by atoms with Crippen LogP contribution in [0.1, 0.15) is 35.3 Å². The molecule has 0 amide bonds. The third-order valence-electron chi connectivity index (χ3n) is 6.02. The number of aliphatic hydroxyl groups is 3. The average Bonchev–Trinajstić information content (AvgIpc) is 2.84. The maximum atomic E-state index is 12.9. The number of hydrogen-bond donors (Lipinski definition) is 7. The Balaban J connectivity index is 2.05. The predicted molar refractivity (Wildman–Crippen MR) is 131 cm³/mol. The van der Waals surface area contributed by atoms with Crippen LogP contribution < -0.4 is 9.47 Å². The minimum Gasteiger partial charge on any atom is -0.508 e. The van der Waals surface area contributed by atoms with Gasteiger partial charge in [-0.3, -0.25) is 4.79 Å². The van der Waals surface area contributed by atoms with Crippen molar-refractivity contribution < 1.29 is 59.5 Å². The van der Waals surface area contributed by atoms with Crippen LogP contribution in [0.15, 0.2) is 35.9 Å². The van der Waals surface area contributed by atoms with Crippen molar-refractivity contribution in [2.24, 2.45) is 0 Å². The summed E-state index contributed by atoms with van der Waals surface area (Å²) >= 11 is 0. The van der Waals surface area contributed by atoms with Crippen molar-refractivity contribution in [2.45, 2.75) is 57.4 Å². The summed E-state index contributed by atoms with van der Waals surface area (Å²) in [5, 5.41) is 70.1. The molecule has 3 rings (SSSR count). The van der Waals surface area contributed by atoms with E-state index >= 15 is 0 Å². The van der Waals surface area contributed by atoms with Crippen molar-refractivity contribution in [3.05, 3.63) is 52.6 Å². The Morgan fingerprint density at radius 3 is 2.24 bits per heavy atom. The van der Waals surface area contributed by atoms with E-state index in [9.17, 15) is 45.3 Å². The Kier molecular flexibility index (Phi) is 8.84. The van der Waals surface area contributed by atoms with Gasteiger partial charge in [0.1, 0.15) is 47.1 Å². The van der Waals surface area contributed by atoms with Gasteiger partial charge in [0.15, 0.2) is 11.9 Å². The fourth-order valence-electron chi connectivity index (χ4n) is 4.02. The Morgan fingerprint density at radius 1 is 0.974 bits per heavy atom. The number of Topliss-reactive ketones (excluding diaryl/α,β-unsaturated/α-hetero) is 1. The number of phenolic OH excluding ortho intramolecular Hbond substituents is 3. The number of aliphatic hydroxyl groups excluding tert-OH is 3. The molecule has 1 saturated heterocycles. The monoisotopic (exact) mass is 534 g/mol. The number of rotatable bonds is 9. The van der Waals surface area contributed by atoms with E-state index in [2.05, 4.69) is 0 Å². The molecular formula is C26H30O12. The number of hydrogen-bond acceptors (Lipinski definition) is 11. The van der Waals surface area contributed by atoms with E-state index in [0.717, 1.165) is 17.7 Å². The number of carboxylic acids is 1. The maximum absolute atomic E-state index is 12.9. The summed E-state index contributed by atoms with van der Waals surface area (Å²) in [5.74, 6) is -3.37. The van der Waals surface area contributed by atoms with Crippen LogP contribution in [0.5, 0.6) is 28.7 Å². The number of ether oxygens (including phenoxy) is 3. The van der Waals surface area contributed by atoms with E-state index in [0.29, 0.717) is 5.56 Å². The fourth-order valence-corrected chi connectivity index (χ4v) is 4.02. The molecule has 2 aromatic carbocycles. The van der Waals surface area contributed by atoms with Crippen LogP contribution in [0.3, 0.4) is 0 Å². The van der Waals surface area contributed by atoms with Crippen molar-refractivity contribution in [2.75, 3.05) is 7.11 Å². The first-order chi connectivity index (χ1) is 17.8. The Morgan fingerprint density at radius 2 is 1.66 bits per heavy atom. The van der Waals surface area contributed by atoms with Gasteiger partial charge in [0.05, 0.1) is 12.7 Å². The SMILES string of the molecule is COc1c(CC(=O)c2ccc(O)cc2O)c(O)cc(OC2OC(C(=O)O)C(O)C(O)C2O)c1CC=C(C)C. The molecule has 206 valence electrons. The number of phenols is 3. The smallest absolute Gasteiger partial charge is 0.335 e. The van der Waals surface area contributed by atoms with Crippen LogP contribution in [0, 0.1) is 0 Å². The standard InChI is InChI=1S/C26H30O12/c1-11(2)4-6-14-19(37-26-22(33)20(31)21(32)24(38-26)25(34)35)10-18(30)15(23(14)36-3)9-17(29)13-7-5-12(27)8-16(13)28/h4-5,7-8,10,20-22,24,26-28,30-33H,6,9H2,1-3H3,(H,34,35). The molecule has 2 aromatic rings. The number of ketones is 1. The second kappa shape index (κ2) is 11.7. The summed E-state index contributed by atoms with van der Waals surface area (Å²) in [5.41, 5.74) is 1.16. The van der Waals surface area contributed by atoms with E-state index in [4.69, 9.17) is 14.2 Å². The van der Waals surface area contributed by atoms with Gasteiger partial charge < -0.3 is 50.0 Å². The highest BCUT2D eigenvalue weighted by Gasteiger charge is 2.48. The van der Waals surface area contributed by atoms with Gasteiger partial charge in [-0.15, -0.1) is 0 Å². The van der Waals surface area contributed by atoms with Gasteiger partial charge in [-0.2, -0.15) is 0 Å². The summed E-state index contributed by atoms with van der Waals surface area (Å²) in [6, 6.07) is 4.59. The van der Waals surface area contributed by atoms with E-state index < -0.39 is 60.4 Å². The van der Waals surface area contributed by atoms with Crippen molar-refractivity contribution in [3.63, 3.8) is 0 Å². The molecule has 1 aliphatic heterocycles. The summed E-state index contributed by atoms with van der Waals surface area (Å²) in [6.07, 6.45) is -7.77. The summed E-state index contributed by atoms with van der Waals surface area (Å²) < 4.78 is 16.4. The second-order valence-corrected chi connectivity index (χ2v) is 9.02.